The lowest BCUT2D eigenvalue weighted by Crippen LogP contribution is -2.21. The van der Waals surface area contributed by atoms with E-state index in [1.165, 1.54) is 0 Å². The number of benzene rings is 3. The predicted octanol–water partition coefficient (Wildman–Crippen LogP) is 10.6. The van der Waals surface area contributed by atoms with E-state index in [0.717, 1.165) is 21.6 Å². The molecule has 0 bridgehead atoms. The average molecular weight is 845 g/mol. The van der Waals surface area contributed by atoms with Gasteiger partial charge in [0.25, 0.3) is 14.7 Å². The van der Waals surface area contributed by atoms with E-state index in [9.17, 15) is 0 Å². The number of carbonyl (C=O) groups is 1. The molecule has 12 heteroatoms. The lowest BCUT2D eigenvalue weighted by molar-refractivity contribution is -0.302. The van der Waals surface area contributed by atoms with Gasteiger partial charge in [0.1, 0.15) is 28.1 Å². The van der Waals surface area contributed by atoms with Gasteiger partial charge in [-0.25, -0.2) is 0 Å². The van der Waals surface area contributed by atoms with Crippen LogP contribution >= 0.6 is 0 Å². The van der Waals surface area contributed by atoms with Crippen LogP contribution in [0.1, 0.15) is 132 Å². The van der Waals surface area contributed by atoms with E-state index in [2.05, 4.69) is 0 Å². The summed E-state index contributed by atoms with van der Waals surface area (Å²) in [7, 11) is -1.16. The highest BCUT2D eigenvalue weighted by molar-refractivity contribution is 7.97. The Kier molecular flexibility index (Phi) is 20.2. The van der Waals surface area contributed by atoms with Crippen LogP contribution in [0.5, 0.6) is 51.7 Å². The van der Waals surface area contributed by atoms with Crippen molar-refractivity contribution in [1.29, 1.82) is 0 Å². The Hall–Kier alpha value is -4.32. The monoisotopic (exact) mass is 844 g/mol. The zero-order valence-corrected chi connectivity index (χ0v) is 39.9. The maximum absolute atomic E-state index is 8.89. The molecule has 3 aromatic carbocycles. The number of rotatable bonds is 21. The van der Waals surface area contributed by atoms with Gasteiger partial charge >= 0.3 is 0 Å². The number of carboxylic acids is 1. The molecule has 0 saturated heterocycles. The van der Waals surface area contributed by atoms with Gasteiger partial charge in [0.05, 0.1) is 54.9 Å². The van der Waals surface area contributed by atoms with Crippen LogP contribution < -0.4 is 47.7 Å². The van der Waals surface area contributed by atoms with E-state index in [4.69, 9.17) is 52.5 Å². The van der Waals surface area contributed by atoms with Crippen LogP contribution in [0.4, 0.5) is 0 Å². The van der Waals surface area contributed by atoms with Crippen molar-refractivity contribution in [2.24, 2.45) is 0 Å². The normalized spacial score (nSPS) is 11.6. The second-order valence-corrected chi connectivity index (χ2v) is 18.4. The lowest BCUT2D eigenvalue weighted by Gasteiger charge is -2.26. The summed E-state index contributed by atoms with van der Waals surface area (Å²) in [6, 6.07) is 11.7. The van der Waals surface area contributed by atoms with Gasteiger partial charge in [-0.2, -0.15) is 0 Å². The summed E-state index contributed by atoms with van der Waals surface area (Å²) in [5.74, 6) is 4.36. The van der Waals surface area contributed by atoms with Crippen molar-refractivity contribution in [3.63, 3.8) is 0 Å². The minimum Gasteiger partial charge on any atom is -0.550 e. The molecule has 0 spiro atoms. The third-order valence-electron chi connectivity index (χ3n) is 6.89. The van der Waals surface area contributed by atoms with Crippen LogP contribution in [0.15, 0.2) is 51.1 Å². The fourth-order valence-electron chi connectivity index (χ4n) is 5.64. The fraction of sp³-hybridized carbons (Fsp3) is 0.596. The van der Waals surface area contributed by atoms with Crippen LogP contribution in [0.2, 0.25) is 0 Å². The molecule has 0 N–H and O–H groups in total. The standard InChI is InChI=1S/C45H69O9S.C2H4O2/c1-25(2)46-34-19-37(49-28(7)8)43(38(20-34)50-29(9)10)55(44-39(51-30(11)12)21-35(47-26(3)4)22-40(44)52-31(13)14)45-41(53-32(15)16)23-36(48-27(5)6)24-42(45)54-33(17)18;1-2(3)4/h19-33H,1-18H3;1H3,(H,3,4)/q+1;/p-1. The summed E-state index contributed by atoms with van der Waals surface area (Å²) < 4.78 is 59.7. The Morgan fingerprint density at radius 3 is 0.610 bits per heavy atom. The second-order valence-electron chi connectivity index (χ2n) is 16.5. The molecule has 59 heavy (non-hydrogen) atoms. The van der Waals surface area contributed by atoms with E-state index < -0.39 is 16.9 Å². The Balaban J connectivity index is 0.00000286. The van der Waals surface area contributed by atoms with E-state index >= 15 is 0 Å². The van der Waals surface area contributed by atoms with Crippen molar-refractivity contribution in [2.75, 3.05) is 0 Å². The smallest absolute Gasteiger partial charge is 0.250 e. The maximum Gasteiger partial charge on any atom is 0.250 e. The first-order valence-electron chi connectivity index (χ1n) is 20.8. The van der Waals surface area contributed by atoms with E-state index in [-0.39, 0.29) is 54.9 Å². The van der Waals surface area contributed by atoms with Crippen LogP contribution in [0.3, 0.4) is 0 Å². The Bertz CT molecular complexity index is 1470. The molecule has 0 heterocycles. The molecule has 332 valence electrons. The van der Waals surface area contributed by atoms with Crippen molar-refractivity contribution in [1.82, 2.24) is 0 Å². The highest BCUT2D eigenvalue weighted by atomic mass is 32.2. The molecule has 0 aliphatic heterocycles. The van der Waals surface area contributed by atoms with Gasteiger partial charge in [-0.3, -0.25) is 0 Å². The maximum atomic E-state index is 8.89. The SMILES string of the molecule is CC(=O)[O-].CC(C)Oc1cc(OC(C)C)c([S+](c2c(OC(C)C)cc(OC(C)C)cc2OC(C)C)c2c(OC(C)C)cc(OC(C)C)cc2OC(C)C)c(OC(C)C)c1. The largest absolute Gasteiger partial charge is 0.550 e. The molecule has 0 radical (unpaired) electrons. The molecule has 0 unspecified atom stereocenters. The number of carbonyl (C=O) groups excluding carboxylic acids is 1. The molecular weight excluding hydrogens is 773 g/mol. The van der Waals surface area contributed by atoms with Crippen molar-refractivity contribution in [3.05, 3.63) is 36.4 Å². The summed E-state index contributed by atoms with van der Waals surface area (Å²) in [4.78, 5) is 11.2. The average Bonchev–Trinajstić information content (AvgIpc) is 3.01. The highest BCUT2D eigenvalue weighted by Crippen LogP contribution is 2.56. The lowest BCUT2D eigenvalue weighted by atomic mass is 10.2. The first-order chi connectivity index (χ1) is 27.4. The van der Waals surface area contributed by atoms with E-state index in [0.29, 0.717) is 51.7 Å². The number of hydrogen-bond acceptors (Lipinski definition) is 11. The topological polar surface area (TPSA) is 123 Å². The summed E-state index contributed by atoms with van der Waals surface area (Å²) in [5.41, 5.74) is 0. The van der Waals surface area contributed by atoms with Gasteiger partial charge in [0, 0.05) is 42.4 Å². The molecule has 0 aliphatic carbocycles. The number of ether oxygens (including phenoxy) is 9. The Morgan fingerprint density at radius 2 is 0.492 bits per heavy atom. The third-order valence-corrected chi connectivity index (χ3v) is 9.32. The van der Waals surface area contributed by atoms with Crippen molar-refractivity contribution >= 4 is 16.9 Å². The summed E-state index contributed by atoms with van der Waals surface area (Å²) in [6.45, 7) is 37.1. The predicted molar refractivity (Wildman–Crippen MR) is 234 cm³/mol. The summed E-state index contributed by atoms with van der Waals surface area (Å²) in [5, 5.41) is 8.89. The Morgan fingerprint density at radius 1 is 0.356 bits per heavy atom. The first kappa shape index (κ1) is 50.8. The first-order valence-corrected chi connectivity index (χ1v) is 22.1. The van der Waals surface area contributed by atoms with Crippen molar-refractivity contribution in [2.45, 2.75) is 201 Å². The molecule has 0 fully saturated rings. The molecule has 0 amide bonds. The van der Waals surface area contributed by atoms with Crippen LogP contribution in [-0.2, 0) is 15.7 Å². The van der Waals surface area contributed by atoms with Gasteiger partial charge in [0.15, 0.2) is 34.5 Å². The van der Waals surface area contributed by atoms with Gasteiger partial charge in [0.2, 0.25) is 0 Å². The molecule has 0 aromatic heterocycles. The molecular formula is C47H72O11S. The van der Waals surface area contributed by atoms with Crippen LogP contribution in [0, 0.1) is 0 Å². The highest BCUT2D eigenvalue weighted by Gasteiger charge is 2.48. The molecule has 3 rings (SSSR count). The molecule has 0 atom stereocenters. The van der Waals surface area contributed by atoms with Gasteiger partial charge in [-0.15, -0.1) is 0 Å². The summed E-state index contributed by atoms with van der Waals surface area (Å²) >= 11 is 0. The zero-order chi connectivity index (χ0) is 44.9. The minimum absolute atomic E-state index is 0.0842. The minimum atomic E-state index is -1.16. The number of aliphatic carboxylic acids is 1. The number of carboxylic acid groups (broad SMARTS) is 1. The van der Waals surface area contributed by atoms with Gasteiger partial charge < -0.3 is 52.5 Å². The van der Waals surface area contributed by atoms with E-state index in [1.54, 1.807) is 0 Å². The van der Waals surface area contributed by atoms with Crippen LogP contribution in [-0.4, -0.2) is 60.9 Å². The zero-order valence-electron chi connectivity index (χ0n) is 39.1. The van der Waals surface area contributed by atoms with E-state index in [1.807, 2.05) is 161 Å². The van der Waals surface area contributed by atoms with Gasteiger partial charge in [-0.05, 0) is 132 Å². The fourth-order valence-corrected chi connectivity index (χ4v) is 8.10. The van der Waals surface area contributed by atoms with Crippen molar-refractivity contribution in [3.8, 4) is 51.7 Å². The molecule has 3 aromatic rings. The Labute approximate surface area is 357 Å². The van der Waals surface area contributed by atoms with Crippen LogP contribution in [0.25, 0.3) is 0 Å². The van der Waals surface area contributed by atoms with Crippen molar-refractivity contribution < 1.29 is 52.5 Å². The second kappa shape index (κ2) is 23.5. The molecule has 11 nitrogen and oxygen atoms in total. The quantitative estimate of drug-likeness (QED) is 0.0952. The summed E-state index contributed by atoms with van der Waals surface area (Å²) in [6.07, 6.45) is -1.39. The molecule has 0 aliphatic rings. The third kappa shape index (κ3) is 17.1. The molecule has 0 saturated carbocycles. The van der Waals surface area contributed by atoms with Gasteiger partial charge in [-0.1, -0.05) is 0 Å². The number of hydrogen-bond donors (Lipinski definition) is 0.